The van der Waals surface area contributed by atoms with E-state index in [1.165, 1.54) is 14.0 Å². The van der Waals surface area contributed by atoms with Crippen LogP contribution in [0.3, 0.4) is 0 Å². The highest BCUT2D eigenvalue weighted by Gasteiger charge is 2.39. The molecule has 1 aromatic rings. The quantitative estimate of drug-likeness (QED) is 0.358. The predicted octanol–water partition coefficient (Wildman–Crippen LogP) is 0.750. The highest BCUT2D eigenvalue weighted by Crippen LogP contribution is 2.24. The molecule has 1 N–H and O–H groups in total. The lowest BCUT2D eigenvalue weighted by Gasteiger charge is -2.21. The molecule has 1 heterocycles. The second-order valence-corrected chi connectivity index (χ2v) is 5.17. The molecule has 0 saturated heterocycles. The van der Waals surface area contributed by atoms with Crippen LogP contribution < -0.4 is 0 Å². The largest absolute Gasteiger partial charge is 0.569 e. The first-order valence-corrected chi connectivity index (χ1v) is 7.03. The van der Waals surface area contributed by atoms with E-state index in [2.05, 4.69) is 5.28 Å². The number of aliphatic hydroxyl groups is 1. The number of likely N-dealkylation sites (N-methyl/N-ethyl adjacent to an activating group) is 1. The minimum absolute atomic E-state index is 0.148. The third-order valence-corrected chi connectivity index (χ3v) is 3.63. The molecule has 0 bridgehead atoms. The maximum atomic E-state index is 12.2. The van der Waals surface area contributed by atoms with Gasteiger partial charge in [0.05, 0.1) is 29.8 Å². The second-order valence-electron chi connectivity index (χ2n) is 5.17. The fourth-order valence-corrected chi connectivity index (χ4v) is 2.04. The maximum absolute atomic E-state index is 12.2. The molecule has 9 nitrogen and oxygen atoms in total. The zero-order valence-electron chi connectivity index (χ0n) is 13.0. The van der Waals surface area contributed by atoms with E-state index in [1.54, 1.807) is 31.2 Å². The van der Waals surface area contributed by atoms with Crippen LogP contribution in [0.4, 0.5) is 0 Å². The second kappa shape index (κ2) is 6.61. The summed E-state index contributed by atoms with van der Waals surface area (Å²) >= 11 is 0. The molecule has 2 rings (SSSR count). The number of carbonyl (C=O) groups excluding carboxylic acids is 2. The zero-order chi connectivity index (χ0) is 17.1. The fourth-order valence-electron chi connectivity index (χ4n) is 2.04. The van der Waals surface area contributed by atoms with Crippen molar-refractivity contribution >= 4 is 11.8 Å². The summed E-state index contributed by atoms with van der Waals surface area (Å²) in [6.45, 7) is 2.82. The number of benzene rings is 1. The van der Waals surface area contributed by atoms with Crippen molar-refractivity contribution in [3.8, 4) is 0 Å². The molecule has 124 valence electrons. The first-order chi connectivity index (χ1) is 10.9. The lowest BCUT2D eigenvalue weighted by Crippen LogP contribution is -2.40. The Morgan fingerprint density at radius 3 is 2.30 bits per heavy atom. The van der Waals surface area contributed by atoms with E-state index in [4.69, 9.17) is 9.94 Å². The van der Waals surface area contributed by atoms with Gasteiger partial charge in [-0.3, -0.25) is 9.59 Å². The highest BCUT2D eigenvalue weighted by atomic mass is 16.7. The van der Waals surface area contributed by atoms with Crippen LogP contribution in [0.1, 0.15) is 34.6 Å². The van der Waals surface area contributed by atoms with E-state index in [-0.39, 0.29) is 22.7 Å². The molecular weight excluding hydrogens is 304 g/mol. The van der Waals surface area contributed by atoms with Crippen molar-refractivity contribution in [3.05, 3.63) is 40.6 Å². The third kappa shape index (κ3) is 3.09. The van der Waals surface area contributed by atoms with Crippen LogP contribution in [0.5, 0.6) is 0 Å². The van der Waals surface area contributed by atoms with Crippen LogP contribution in [0.15, 0.2) is 29.5 Å². The van der Waals surface area contributed by atoms with Gasteiger partial charge in [-0.05, 0) is 26.0 Å². The van der Waals surface area contributed by atoms with Gasteiger partial charge in [-0.1, -0.05) is 12.1 Å². The van der Waals surface area contributed by atoms with Gasteiger partial charge in [0.25, 0.3) is 11.8 Å². The average molecular weight is 322 g/mol. The van der Waals surface area contributed by atoms with Crippen LogP contribution in [0, 0.1) is 5.21 Å². The van der Waals surface area contributed by atoms with Crippen LogP contribution in [0.2, 0.25) is 0 Å². The molecule has 2 atom stereocenters. The molecule has 0 fully saturated rings. The zero-order valence-corrected chi connectivity index (χ0v) is 13.0. The Hall–Kier alpha value is -2.68. The van der Waals surface area contributed by atoms with Gasteiger partial charge in [-0.25, -0.2) is 4.90 Å². The maximum Gasteiger partial charge on any atom is 0.264 e. The Morgan fingerprint density at radius 1 is 1.30 bits per heavy atom. The minimum atomic E-state index is -1.04. The Morgan fingerprint density at radius 2 is 1.83 bits per heavy atom. The molecular formula is C14H18N4O5. The SMILES string of the molecule is CC(O/N=[N+](\[O-])N(C)[C@@H](C)CO)N1C(=O)c2ccccc2C1=O. The van der Waals surface area contributed by atoms with Gasteiger partial charge in [-0.2, -0.15) is 0 Å². The molecule has 0 aromatic heterocycles. The Balaban J connectivity index is 2.09. The summed E-state index contributed by atoms with van der Waals surface area (Å²) in [6.07, 6.45) is -1.04. The lowest BCUT2D eigenvalue weighted by atomic mass is 10.1. The van der Waals surface area contributed by atoms with Crippen molar-refractivity contribution in [1.82, 2.24) is 9.91 Å². The average Bonchev–Trinajstić information content (AvgIpc) is 2.82. The number of imide groups is 1. The van der Waals surface area contributed by atoms with E-state index < -0.39 is 24.1 Å². The van der Waals surface area contributed by atoms with Gasteiger partial charge >= 0.3 is 0 Å². The summed E-state index contributed by atoms with van der Waals surface area (Å²) in [5, 5.41) is 25.1. The lowest BCUT2D eigenvalue weighted by molar-refractivity contribution is -0.714. The summed E-state index contributed by atoms with van der Waals surface area (Å²) < 4.78 is 0. The molecule has 9 heteroatoms. The Kier molecular flexibility index (Phi) is 4.80. The van der Waals surface area contributed by atoms with Gasteiger partial charge in [0, 0.05) is 0 Å². The first kappa shape index (κ1) is 16.7. The summed E-state index contributed by atoms with van der Waals surface area (Å²) in [4.78, 5) is 30.5. The fraction of sp³-hybridized carbons (Fsp3) is 0.429. The minimum Gasteiger partial charge on any atom is -0.569 e. The van der Waals surface area contributed by atoms with Gasteiger partial charge < -0.3 is 15.2 Å². The number of amides is 2. The standard InChI is InChI=1S/C14H18N4O5/c1-9(8-19)16(3)18(22)15-23-10(2)17-13(20)11-6-4-5-7-12(11)14(17)21/h4-7,9-10,19H,8H2,1-3H3/b18-15-/t9-,10?/m0/s1. The van der Waals surface area contributed by atoms with Crippen LogP contribution in [-0.2, 0) is 4.84 Å². The van der Waals surface area contributed by atoms with Gasteiger partial charge in [0.1, 0.15) is 6.04 Å². The van der Waals surface area contributed by atoms with E-state index >= 15 is 0 Å². The topological polar surface area (TPSA) is 109 Å². The van der Waals surface area contributed by atoms with Gasteiger partial charge in [0.15, 0.2) is 0 Å². The molecule has 1 aliphatic heterocycles. The molecule has 0 radical (unpaired) electrons. The van der Waals surface area contributed by atoms with Crippen LogP contribution >= 0.6 is 0 Å². The molecule has 1 unspecified atom stereocenters. The smallest absolute Gasteiger partial charge is 0.264 e. The summed E-state index contributed by atoms with van der Waals surface area (Å²) in [5.74, 6) is -0.995. The number of aliphatic hydroxyl groups excluding tert-OH is 1. The Bertz CT molecular complexity index is 613. The molecule has 0 saturated carbocycles. The van der Waals surface area contributed by atoms with E-state index in [1.807, 2.05) is 0 Å². The number of nitrogens with zero attached hydrogens (tertiary/aromatic N) is 4. The number of carbonyl (C=O) groups is 2. The van der Waals surface area contributed by atoms with Crippen LogP contribution in [-0.4, -0.2) is 57.7 Å². The van der Waals surface area contributed by atoms with Gasteiger partial charge in [-0.15, -0.1) is 5.01 Å². The summed E-state index contributed by atoms with van der Waals surface area (Å²) in [7, 11) is 1.42. The third-order valence-electron chi connectivity index (χ3n) is 3.63. The van der Waals surface area contributed by atoms with Crippen molar-refractivity contribution < 1.29 is 24.5 Å². The number of hydrazine groups is 1. The number of hydrogen-bond donors (Lipinski definition) is 1. The van der Waals surface area contributed by atoms with Gasteiger partial charge in [0.2, 0.25) is 11.5 Å². The van der Waals surface area contributed by atoms with E-state index in [0.29, 0.717) is 0 Å². The molecule has 0 spiro atoms. The molecule has 2 amide bonds. The molecule has 0 aliphatic carbocycles. The van der Waals surface area contributed by atoms with Crippen molar-refractivity contribution in [2.45, 2.75) is 26.1 Å². The van der Waals surface area contributed by atoms with E-state index in [9.17, 15) is 14.8 Å². The van der Waals surface area contributed by atoms with Crippen molar-refractivity contribution in [2.75, 3.05) is 13.7 Å². The van der Waals surface area contributed by atoms with E-state index in [0.717, 1.165) is 9.91 Å². The summed E-state index contributed by atoms with van der Waals surface area (Å²) in [5.41, 5.74) is 0.580. The Labute approximate surface area is 132 Å². The molecule has 1 aliphatic rings. The number of fused-ring (bicyclic) bond motifs is 1. The molecule has 1 aromatic carbocycles. The van der Waals surface area contributed by atoms with Crippen molar-refractivity contribution in [2.24, 2.45) is 5.28 Å². The normalized spacial score (nSPS) is 17.0. The number of rotatable bonds is 6. The molecule has 23 heavy (non-hydrogen) atoms. The monoisotopic (exact) mass is 322 g/mol. The van der Waals surface area contributed by atoms with Crippen molar-refractivity contribution in [3.63, 3.8) is 0 Å². The van der Waals surface area contributed by atoms with Crippen molar-refractivity contribution in [1.29, 1.82) is 0 Å². The van der Waals surface area contributed by atoms with Crippen LogP contribution in [0.25, 0.3) is 0 Å². The predicted molar refractivity (Wildman–Crippen MR) is 77.9 cm³/mol. The summed E-state index contributed by atoms with van der Waals surface area (Å²) in [6, 6.07) is 5.96. The number of hydrogen-bond acceptors (Lipinski definition) is 6. The first-order valence-electron chi connectivity index (χ1n) is 7.03. The highest BCUT2D eigenvalue weighted by molar-refractivity contribution is 6.21.